The molecule has 0 heterocycles. The van der Waals surface area contributed by atoms with Crippen LogP contribution in [0.1, 0.15) is 39.2 Å². The Morgan fingerprint density at radius 3 is 2.46 bits per heavy atom. The number of benzene rings is 1. The van der Waals surface area contributed by atoms with E-state index in [2.05, 4.69) is 5.32 Å². The van der Waals surface area contributed by atoms with Crippen molar-refractivity contribution in [2.45, 2.75) is 51.9 Å². The van der Waals surface area contributed by atoms with Crippen LogP contribution in [0.25, 0.3) is 0 Å². The number of nitrogens with one attached hydrogen (secondary N) is 1. The van der Waals surface area contributed by atoms with Gasteiger partial charge in [0.25, 0.3) is 0 Å². The van der Waals surface area contributed by atoms with Crippen LogP contribution in [0, 0.1) is 0 Å². The zero-order chi connectivity index (χ0) is 17.6. The summed E-state index contributed by atoms with van der Waals surface area (Å²) in [5.74, 6) is -0.357. The third-order valence-corrected chi connectivity index (χ3v) is 3.77. The highest BCUT2D eigenvalue weighted by atomic mass is 16.5. The summed E-state index contributed by atoms with van der Waals surface area (Å²) in [6.07, 6.45) is 1.62. The van der Waals surface area contributed by atoms with Gasteiger partial charge in [-0.3, -0.25) is 0 Å². The van der Waals surface area contributed by atoms with Gasteiger partial charge in [-0.15, -0.1) is 0 Å². The Morgan fingerprint density at radius 1 is 1.21 bits per heavy atom. The molecule has 0 bridgehead atoms. The van der Waals surface area contributed by atoms with E-state index >= 15 is 0 Å². The number of rotatable bonds is 7. The minimum Gasteiger partial charge on any atom is -0.464 e. The first-order valence-electron chi connectivity index (χ1n) is 8.23. The van der Waals surface area contributed by atoms with Gasteiger partial charge >= 0.3 is 5.97 Å². The lowest BCUT2D eigenvalue weighted by Gasteiger charge is -2.31. The third kappa shape index (κ3) is 5.65. The molecule has 0 amide bonds. The maximum absolute atomic E-state index is 11.9. The fourth-order valence-electron chi connectivity index (χ4n) is 2.37. The monoisotopic (exact) mass is 333 g/mol. The fourth-order valence-corrected chi connectivity index (χ4v) is 2.37. The Morgan fingerprint density at radius 2 is 1.88 bits per heavy atom. The molecule has 1 saturated carbocycles. The van der Waals surface area contributed by atoms with Crippen molar-refractivity contribution in [3.05, 3.63) is 47.2 Å². The molecular formula is C19H27NO4. The molecule has 132 valence electrons. The summed E-state index contributed by atoms with van der Waals surface area (Å²) in [4.78, 5) is 11.9. The van der Waals surface area contributed by atoms with Gasteiger partial charge in [-0.1, -0.05) is 30.3 Å². The Labute approximate surface area is 144 Å². The SMILES string of the molecule is COC(=O)C(NCOC(C)(C)C)=C1CC(OCc2ccccc2)C1. The predicted octanol–water partition coefficient (Wildman–Crippen LogP) is 3.15. The van der Waals surface area contributed by atoms with Crippen LogP contribution in [0.15, 0.2) is 41.6 Å². The van der Waals surface area contributed by atoms with Crippen LogP contribution in [0.3, 0.4) is 0 Å². The highest BCUT2D eigenvalue weighted by Gasteiger charge is 2.30. The molecule has 0 atom stereocenters. The van der Waals surface area contributed by atoms with E-state index in [1.807, 2.05) is 51.1 Å². The average Bonchev–Trinajstić information content (AvgIpc) is 2.50. The number of carbonyl (C=O) groups is 1. The molecule has 1 aromatic rings. The number of esters is 1. The van der Waals surface area contributed by atoms with E-state index in [0.717, 1.165) is 24.0 Å². The summed E-state index contributed by atoms with van der Waals surface area (Å²) in [7, 11) is 1.39. The van der Waals surface area contributed by atoms with E-state index in [4.69, 9.17) is 14.2 Å². The first kappa shape index (κ1) is 18.5. The molecule has 0 spiro atoms. The lowest BCUT2D eigenvalue weighted by molar-refractivity contribution is -0.137. The van der Waals surface area contributed by atoms with Gasteiger partial charge in [-0.2, -0.15) is 0 Å². The summed E-state index contributed by atoms with van der Waals surface area (Å²) in [5, 5.41) is 3.05. The van der Waals surface area contributed by atoms with Gasteiger partial charge in [0.2, 0.25) is 0 Å². The Hall–Kier alpha value is -1.85. The van der Waals surface area contributed by atoms with Gasteiger partial charge in [0.05, 0.1) is 25.4 Å². The predicted molar refractivity (Wildman–Crippen MR) is 92.1 cm³/mol. The molecule has 1 aliphatic carbocycles. The minimum absolute atomic E-state index is 0.144. The van der Waals surface area contributed by atoms with Crippen molar-refractivity contribution in [1.82, 2.24) is 5.32 Å². The number of hydrogen-bond donors (Lipinski definition) is 1. The van der Waals surface area contributed by atoms with E-state index in [9.17, 15) is 4.79 Å². The van der Waals surface area contributed by atoms with Gasteiger partial charge < -0.3 is 19.5 Å². The van der Waals surface area contributed by atoms with E-state index in [1.54, 1.807) is 0 Å². The van der Waals surface area contributed by atoms with E-state index in [0.29, 0.717) is 12.3 Å². The molecule has 5 nitrogen and oxygen atoms in total. The lowest BCUT2D eigenvalue weighted by atomic mass is 9.87. The Bertz CT molecular complexity index is 567. The van der Waals surface area contributed by atoms with E-state index < -0.39 is 0 Å². The quantitative estimate of drug-likeness (QED) is 0.472. The molecule has 0 aromatic heterocycles. The van der Waals surface area contributed by atoms with Gasteiger partial charge in [0, 0.05) is 0 Å². The normalized spacial score (nSPS) is 17.2. The van der Waals surface area contributed by atoms with Crippen molar-refractivity contribution < 1.29 is 19.0 Å². The summed E-state index contributed by atoms with van der Waals surface area (Å²) in [5.41, 5.74) is 2.42. The van der Waals surface area contributed by atoms with Crippen molar-refractivity contribution >= 4 is 5.97 Å². The van der Waals surface area contributed by atoms with Crippen LogP contribution in [0.5, 0.6) is 0 Å². The van der Waals surface area contributed by atoms with Crippen LogP contribution in [0.4, 0.5) is 0 Å². The van der Waals surface area contributed by atoms with Crippen molar-refractivity contribution in [2.24, 2.45) is 0 Å². The average molecular weight is 333 g/mol. The minimum atomic E-state index is -0.357. The molecule has 5 heteroatoms. The topological polar surface area (TPSA) is 56.8 Å². The highest BCUT2D eigenvalue weighted by Crippen LogP contribution is 2.32. The number of carbonyl (C=O) groups excluding carboxylic acids is 1. The second-order valence-corrected chi connectivity index (χ2v) is 6.87. The molecule has 1 aliphatic rings. The zero-order valence-corrected chi connectivity index (χ0v) is 14.9. The molecule has 0 unspecified atom stereocenters. The zero-order valence-electron chi connectivity index (χ0n) is 14.9. The molecule has 0 radical (unpaired) electrons. The van der Waals surface area contributed by atoms with Crippen LogP contribution >= 0.6 is 0 Å². The lowest BCUT2D eigenvalue weighted by Crippen LogP contribution is -2.35. The standard InChI is InChI=1S/C19H27NO4/c1-19(2,3)24-13-20-17(18(21)22-4)15-10-16(11-15)23-12-14-8-6-5-7-9-14/h5-9,16,20H,10-13H2,1-4H3. The Balaban J connectivity index is 1.85. The molecular weight excluding hydrogens is 306 g/mol. The van der Waals surface area contributed by atoms with Crippen LogP contribution in [-0.4, -0.2) is 31.5 Å². The number of hydrogen-bond acceptors (Lipinski definition) is 5. The molecule has 24 heavy (non-hydrogen) atoms. The second kappa shape index (κ2) is 8.31. The first-order valence-corrected chi connectivity index (χ1v) is 8.23. The van der Waals surface area contributed by atoms with Crippen molar-refractivity contribution in [1.29, 1.82) is 0 Å². The number of methoxy groups -OCH3 is 1. The maximum Gasteiger partial charge on any atom is 0.354 e. The second-order valence-electron chi connectivity index (χ2n) is 6.87. The van der Waals surface area contributed by atoms with Crippen LogP contribution in [-0.2, 0) is 25.6 Å². The number of ether oxygens (including phenoxy) is 3. The van der Waals surface area contributed by atoms with E-state index in [-0.39, 0.29) is 24.4 Å². The summed E-state index contributed by atoms with van der Waals surface area (Å²) in [6.45, 7) is 6.77. The third-order valence-electron chi connectivity index (χ3n) is 3.77. The molecule has 1 aromatic carbocycles. The van der Waals surface area contributed by atoms with Crippen molar-refractivity contribution in [2.75, 3.05) is 13.8 Å². The van der Waals surface area contributed by atoms with Crippen LogP contribution < -0.4 is 5.32 Å². The molecule has 2 rings (SSSR count). The van der Waals surface area contributed by atoms with Crippen LogP contribution in [0.2, 0.25) is 0 Å². The maximum atomic E-state index is 11.9. The Kier molecular flexibility index (Phi) is 6.40. The molecule has 1 N–H and O–H groups in total. The van der Waals surface area contributed by atoms with Crippen molar-refractivity contribution in [3.8, 4) is 0 Å². The largest absolute Gasteiger partial charge is 0.464 e. The van der Waals surface area contributed by atoms with Gasteiger partial charge in [-0.05, 0) is 44.7 Å². The molecule has 0 aliphatic heterocycles. The van der Waals surface area contributed by atoms with Gasteiger partial charge in [-0.25, -0.2) is 4.79 Å². The van der Waals surface area contributed by atoms with Gasteiger partial charge in [0.1, 0.15) is 12.4 Å². The first-order chi connectivity index (χ1) is 11.4. The molecule has 1 fully saturated rings. The molecule has 0 saturated heterocycles. The summed E-state index contributed by atoms with van der Waals surface area (Å²) < 4.78 is 16.4. The summed E-state index contributed by atoms with van der Waals surface area (Å²) >= 11 is 0. The van der Waals surface area contributed by atoms with Gasteiger partial charge in [0.15, 0.2) is 0 Å². The smallest absolute Gasteiger partial charge is 0.354 e. The van der Waals surface area contributed by atoms with E-state index in [1.165, 1.54) is 7.11 Å². The highest BCUT2D eigenvalue weighted by molar-refractivity contribution is 5.88. The fraction of sp³-hybridized carbons (Fsp3) is 0.526. The summed E-state index contributed by atoms with van der Waals surface area (Å²) in [6, 6.07) is 10.1. The van der Waals surface area contributed by atoms with Crippen molar-refractivity contribution in [3.63, 3.8) is 0 Å².